The average Bonchev–Trinajstić information content (AvgIpc) is 2.85. The molecule has 0 spiro atoms. The fraction of sp³-hybridized carbons (Fsp3) is 0.296. The zero-order valence-corrected chi connectivity index (χ0v) is 20.7. The van der Waals surface area contributed by atoms with Crippen LogP contribution in [0.15, 0.2) is 47.2 Å². The highest BCUT2D eigenvalue weighted by atomic mass is 16.5. The molecule has 0 atom stereocenters. The van der Waals surface area contributed by atoms with Crippen molar-refractivity contribution in [2.24, 2.45) is 5.10 Å². The third kappa shape index (κ3) is 6.64. The summed E-state index contributed by atoms with van der Waals surface area (Å²) in [5.41, 5.74) is 3.07. The van der Waals surface area contributed by atoms with Crippen LogP contribution >= 0.6 is 0 Å². The smallest absolute Gasteiger partial charge is 0.325 e. The Morgan fingerprint density at radius 1 is 1.23 bits per heavy atom. The Hall–Kier alpha value is -4.25. The van der Waals surface area contributed by atoms with Gasteiger partial charge in [-0.05, 0) is 38.0 Å². The maximum Gasteiger partial charge on any atom is 0.325 e. The monoisotopic (exact) mass is 477 g/mol. The van der Waals surface area contributed by atoms with E-state index >= 15 is 0 Å². The summed E-state index contributed by atoms with van der Waals surface area (Å²) in [4.78, 5) is 24.1. The molecule has 0 fully saturated rings. The molecule has 0 bridgehead atoms. The van der Waals surface area contributed by atoms with E-state index in [1.165, 1.54) is 18.3 Å². The van der Waals surface area contributed by atoms with Gasteiger partial charge in [-0.3, -0.25) is 14.6 Å². The van der Waals surface area contributed by atoms with E-state index in [2.05, 4.69) is 21.1 Å². The van der Waals surface area contributed by atoms with Gasteiger partial charge in [-0.2, -0.15) is 5.10 Å². The molecule has 35 heavy (non-hydrogen) atoms. The summed E-state index contributed by atoms with van der Waals surface area (Å²) in [7, 11) is 1.23. The van der Waals surface area contributed by atoms with E-state index in [4.69, 9.17) is 11.2 Å². The fourth-order valence-electron chi connectivity index (χ4n) is 3.37. The van der Waals surface area contributed by atoms with Gasteiger partial charge in [0.1, 0.15) is 18.0 Å². The maximum atomic E-state index is 12.7. The first-order chi connectivity index (χ1) is 16.8. The summed E-state index contributed by atoms with van der Waals surface area (Å²) in [6, 6.07) is 11.2. The van der Waals surface area contributed by atoms with Gasteiger partial charge < -0.3 is 19.9 Å². The normalized spacial score (nSPS) is 12.3. The lowest BCUT2D eigenvalue weighted by Gasteiger charge is -2.29. The van der Waals surface area contributed by atoms with Gasteiger partial charge in [0.15, 0.2) is 11.5 Å². The minimum atomic E-state index is -0.639. The van der Waals surface area contributed by atoms with Crippen LogP contribution in [0.3, 0.4) is 0 Å². The van der Waals surface area contributed by atoms with Crippen LogP contribution < -0.4 is 10.1 Å². The van der Waals surface area contributed by atoms with Gasteiger partial charge in [-0.25, -0.2) is 0 Å². The lowest BCUT2D eigenvalue weighted by atomic mass is 9.99. The average molecular weight is 478 g/mol. The number of aliphatic hydroxyl groups is 1. The molecule has 0 radical (unpaired) electrons. The maximum absolute atomic E-state index is 12.7. The quantitative estimate of drug-likeness (QED) is 0.362. The number of ether oxygens (including phenoxy) is 2. The van der Waals surface area contributed by atoms with Crippen LogP contribution in [0.5, 0.6) is 11.5 Å². The third-order valence-corrected chi connectivity index (χ3v) is 5.09. The molecule has 1 aliphatic rings. The highest BCUT2D eigenvalue weighted by Crippen LogP contribution is 2.38. The number of fused-ring (bicyclic) bond motifs is 1. The van der Waals surface area contributed by atoms with Crippen LogP contribution in [0.25, 0.3) is 5.76 Å². The zero-order chi connectivity index (χ0) is 26.0. The molecule has 2 aromatic carbocycles. The molecule has 0 saturated carbocycles. The van der Waals surface area contributed by atoms with E-state index in [0.717, 1.165) is 23.3 Å². The molecule has 8 heteroatoms. The number of hydrogen-bond acceptors (Lipinski definition) is 7. The molecule has 1 aliphatic heterocycles. The SMILES string of the molecule is C#CCC.C/C=N\N1Cc2c(Oc3c(C)cccc3C)cccc2C(O)=C1C(=O)NCC(=O)OC. The van der Waals surface area contributed by atoms with Gasteiger partial charge in [0.2, 0.25) is 0 Å². The molecule has 0 saturated heterocycles. The van der Waals surface area contributed by atoms with E-state index in [1.54, 1.807) is 19.1 Å². The van der Waals surface area contributed by atoms with Crippen molar-refractivity contribution in [3.8, 4) is 23.8 Å². The van der Waals surface area contributed by atoms with Crippen molar-refractivity contribution in [2.75, 3.05) is 13.7 Å². The van der Waals surface area contributed by atoms with E-state index in [0.29, 0.717) is 16.9 Å². The van der Waals surface area contributed by atoms with Crippen molar-refractivity contribution in [1.82, 2.24) is 10.3 Å². The van der Waals surface area contributed by atoms with Crippen LogP contribution in [-0.4, -0.2) is 41.9 Å². The number of nitrogens with one attached hydrogen (secondary N) is 1. The van der Waals surface area contributed by atoms with Crippen LogP contribution in [0.4, 0.5) is 0 Å². The van der Waals surface area contributed by atoms with Gasteiger partial charge in [-0.1, -0.05) is 37.3 Å². The molecular weight excluding hydrogens is 446 g/mol. The molecule has 3 rings (SSSR count). The number of methoxy groups -OCH3 is 1. The number of hydrogen-bond donors (Lipinski definition) is 2. The van der Waals surface area contributed by atoms with Crippen molar-refractivity contribution in [3.63, 3.8) is 0 Å². The molecule has 8 nitrogen and oxygen atoms in total. The lowest BCUT2D eigenvalue weighted by molar-refractivity contribution is -0.140. The van der Waals surface area contributed by atoms with Gasteiger partial charge >= 0.3 is 5.97 Å². The standard InChI is InChI=1S/C23H25N3O5.C4H6/c1-5-25-26-13-17-16(21(28)20(26)23(29)24-12-19(27)30-4)10-7-11-18(17)31-22-14(2)8-6-9-15(22)3;1-3-4-2/h5-11,28H,12-13H2,1-4H3,(H,24,29);1H,4H2,2H3/b25-5-;. The largest absolute Gasteiger partial charge is 0.505 e. The number of hydrazone groups is 1. The number of para-hydroxylation sites is 1. The number of aryl methyl sites for hydroxylation is 2. The van der Waals surface area contributed by atoms with E-state index in [9.17, 15) is 14.7 Å². The van der Waals surface area contributed by atoms with Crippen LogP contribution in [0.1, 0.15) is 42.5 Å². The first kappa shape index (κ1) is 27.0. The molecule has 0 aliphatic carbocycles. The molecule has 2 aromatic rings. The lowest BCUT2D eigenvalue weighted by Crippen LogP contribution is -2.38. The second kappa shape index (κ2) is 12.8. The molecule has 0 unspecified atom stereocenters. The highest BCUT2D eigenvalue weighted by molar-refractivity contribution is 6.01. The number of carbonyl (C=O) groups excluding carboxylic acids is 2. The number of aliphatic hydroxyl groups excluding tert-OH is 1. The first-order valence-corrected chi connectivity index (χ1v) is 11.1. The van der Waals surface area contributed by atoms with Crippen molar-refractivity contribution >= 4 is 23.9 Å². The molecule has 1 amide bonds. The molecular formula is C27H31N3O5. The Bertz CT molecular complexity index is 1160. The Morgan fingerprint density at radius 2 is 1.86 bits per heavy atom. The number of rotatable bonds is 6. The first-order valence-electron chi connectivity index (χ1n) is 11.1. The Kier molecular flexibility index (Phi) is 9.91. The van der Waals surface area contributed by atoms with Crippen LogP contribution in [0.2, 0.25) is 0 Å². The predicted octanol–water partition coefficient (Wildman–Crippen LogP) is 4.46. The second-order valence-corrected chi connectivity index (χ2v) is 7.55. The van der Waals surface area contributed by atoms with Gasteiger partial charge in [0.05, 0.1) is 13.7 Å². The van der Waals surface area contributed by atoms with E-state index < -0.39 is 11.9 Å². The van der Waals surface area contributed by atoms with Crippen molar-refractivity contribution < 1.29 is 24.2 Å². The minimum absolute atomic E-state index is 0.0567. The summed E-state index contributed by atoms with van der Waals surface area (Å²) in [5, 5.41) is 19.0. The van der Waals surface area contributed by atoms with E-state index in [-0.39, 0.29) is 24.5 Å². The number of carbonyl (C=O) groups is 2. The molecule has 184 valence electrons. The summed E-state index contributed by atoms with van der Waals surface area (Å²) in [6.45, 7) is 7.46. The predicted molar refractivity (Wildman–Crippen MR) is 136 cm³/mol. The van der Waals surface area contributed by atoms with Crippen LogP contribution in [0, 0.1) is 26.2 Å². The Labute approximate surface area is 206 Å². The number of nitrogens with zero attached hydrogens (tertiary/aromatic N) is 2. The highest BCUT2D eigenvalue weighted by Gasteiger charge is 2.32. The van der Waals surface area contributed by atoms with Crippen molar-refractivity contribution in [2.45, 2.75) is 40.7 Å². The molecule has 2 N–H and O–H groups in total. The summed E-state index contributed by atoms with van der Waals surface area (Å²) in [6.07, 6.45) is 7.14. The number of benzene rings is 2. The molecule has 1 heterocycles. The van der Waals surface area contributed by atoms with Crippen LogP contribution in [-0.2, 0) is 20.9 Å². The van der Waals surface area contributed by atoms with Crippen molar-refractivity contribution in [1.29, 1.82) is 0 Å². The Balaban J connectivity index is 0.00000100. The van der Waals surface area contributed by atoms with E-state index in [1.807, 2.05) is 45.0 Å². The Morgan fingerprint density at radius 3 is 2.43 bits per heavy atom. The van der Waals surface area contributed by atoms with Gasteiger partial charge in [0, 0.05) is 23.8 Å². The summed E-state index contributed by atoms with van der Waals surface area (Å²) >= 11 is 0. The molecule has 0 aromatic heterocycles. The van der Waals surface area contributed by atoms with Crippen molar-refractivity contribution in [3.05, 3.63) is 64.3 Å². The number of amides is 1. The third-order valence-electron chi connectivity index (χ3n) is 5.09. The summed E-state index contributed by atoms with van der Waals surface area (Å²) in [5.74, 6) is 2.25. The number of esters is 1. The van der Waals surface area contributed by atoms with Gasteiger partial charge in [-0.15, -0.1) is 12.3 Å². The topological polar surface area (TPSA) is 100 Å². The number of terminal acetylenes is 1. The van der Waals surface area contributed by atoms with Gasteiger partial charge in [0.25, 0.3) is 5.91 Å². The summed E-state index contributed by atoms with van der Waals surface area (Å²) < 4.78 is 10.8. The second-order valence-electron chi connectivity index (χ2n) is 7.55. The minimum Gasteiger partial charge on any atom is -0.505 e. The fourth-order valence-corrected chi connectivity index (χ4v) is 3.37. The zero-order valence-electron chi connectivity index (χ0n) is 20.7.